The van der Waals surface area contributed by atoms with Gasteiger partial charge >= 0.3 is 0 Å². The molecule has 0 saturated carbocycles. The quantitative estimate of drug-likeness (QED) is 0.671. The molecule has 3 aromatic heterocycles. The fourth-order valence-corrected chi connectivity index (χ4v) is 4.09. The Kier molecular flexibility index (Phi) is 5.92. The summed E-state index contributed by atoms with van der Waals surface area (Å²) >= 11 is 1.42. The second-order valence-corrected chi connectivity index (χ2v) is 8.35. The van der Waals surface area contributed by atoms with Gasteiger partial charge in [0.2, 0.25) is 0 Å². The van der Waals surface area contributed by atoms with E-state index in [-0.39, 0.29) is 23.8 Å². The lowest BCUT2D eigenvalue weighted by Crippen LogP contribution is -2.32. The van der Waals surface area contributed by atoms with Crippen LogP contribution in [0.15, 0.2) is 51.1 Å². The van der Waals surface area contributed by atoms with E-state index < -0.39 is 0 Å². The first-order valence-corrected chi connectivity index (χ1v) is 10.7. The fourth-order valence-electron chi connectivity index (χ4n) is 3.39. The van der Waals surface area contributed by atoms with Crippen molar-refractivity contribution in [2.75, 3.05) is 18.4 Å². The lowest BCUT2D eigenvalue weighted by Gasteiger charge is -2.29. The standard InChI is InChI=1S/C21H24N4O3S/c1-15-7-10-24(11-8-15)12-16-14-29-21(22-16)23-20(27)18-6-5-17(28-18)13-25-9-3-2-4-19(25)26/h2-6,9,14-15H,7-8,10-13H2,1H3,(H,22,23,27). The summed E-state index contributed by atoms with van der Waals surface area (Å²) in [6.45, 7) is 5.59. The van der Waals surface area contributed by atoms with Crippen molar-refractivity contribution in [2.45, 2.75) is 32.9 Å². The van der Waals surface area contributed by atoms with E-state index in [1.807, 2.05) is 5.38 Å². The lowest BCUT2D eigenvalue weighted by molar-refractivity contribution is 0.0994. The van der Waals surface area contributed by atoms with Gasteiger partial charge < -0.3 is 8.98 Å². The van der Waals surface area contributed by atoms with Crippen LogP contribution in [0.4, 0.5) is 5.13 Å². The number of carbonyl (C=O) groups excluding carboxylic acids is 1. The van der Waals surface area contributed by atoms with E-state index in [1.54, 1.807) is 30.5 Å². The van der Waals surface area contributed by atoms with Crippen LogP contribution in [0.1, 0.15) is 41.8 Å². The molecular formula is C21H24N4O3S. The summed E-state index contributed by atoms with van der Waals surface area (Å²) in [7, 11) is 0. The van der Waals surface area contributed by atoms with Gasteiger partial charge in [0.15, 0.2) is 10.9 Å². The number of likely N-dealkylation sites (tertiary alicyclic amines) is 1. The largest absolute Gasteiger partial charge is 0.454 e. The number of furan rings is 1. The lowest BCUT2D eigenvalue weighted by atomic mass is 9.99. The smallest absolute Gasteiger partial charge is 0.293 e. The molecule has 8 heteroatoms. The number of amides is 1. The number of rotatable bonds is 6. The number of hydrogen-bond donors (Lipinski definition) is 1. The summed E-state index contributed by atoms with van der Waals surface area (Å²) < 4.78 is 7.13. The Morgan fingerprint density at radius 2 is 2.07 bits per heavy atom. The number of nitrogens with zero attached hydrogens (tertiary/aromatic N) is 3. The Labute approximate surface area is 173 Å². The highest BCUT2D eigenvalue weighted by molar-refractivity contribution is 7.13. The van der Waals surface area contributed by atoms with Gasteiger partial charge in [-0.05, 0) is 50.0 Å². The molecule has 7 nitrogen and oxygen atoms in total. The van der Waals surface area contributed by atoms with Crippen molar-refractivity contribution in [3.05, 3.63) is 69.5 Å². The zero-order valence-corrected chi connectivity index (χ0v) is 17.2. The van der Waals surface area contributed by atoms with Crippen molar-refractivity contribution in [3.63, 3.8) is 0 Å². The van der Waals surface area contributed by atoms with E-state index in [9.17, 15) is 9.59 Å². The summed E-state index contributed by atoms with van der Waals surface area (Å²) in [5.74, 6) is 1.20. The summed E-state index contributed by atoms with van der Waals surface area (Å²) in [6, 6.07) is 8.28. The minimum Gasteiger partial charge on any atom is -0.454 e. The number of piperidine rings is 1. The molecule has 152 valence electrons. The number of nitrogens with one attached hydrogen (secondary N) is 1. The molecule has 1 aliphatic heterocycles. The molecule has 0 unspecified atom stereocenters. The van der Waals surface area contributed by atoms with Gasteiger partial charge in [0, 0.05) is 24.2 Å². The highest BCUT2D eigenvalue weighted by Crippen LogP contribution is 2.21. The topological polar surface area (TPSA) is 80.4 Å². The van der Waals surface area contributed by atoms with Crippen molar-refractivity contribution < 1.29 is 9.21 Å². The third-order valence-corrected chi connectivity index (χ3v) is 5.95. The van der Waals surface area contributed by atoms with Gasteiger partial charge in [0.25, 0.3) is 11.5 Å². The van der Waals surface area contributed by atoms with Gasteiger partial charge in [-0.15, -0.1) is 11.3 Å². The molecule has 1 fully saturated rings. The van der Waals surface area contributed by atoms with E-state index in [0.717, 1.165) is 31.2 Å². The molecule has 1 amide bonds. The van der Waals surface area contributed by atoms with Crippen LogP contribution >= 0.6 is 11.3 Å². The summed E-state index contributed by atoms with van der Waals surface area (Å²) in [5, 5.41) is 5.35. The average molecular weight is 413 g/mol. The van der Waals surface area contributed by atoms with Crippen LogP contribution in [0, 0.1) is 5.92 Å². The highest BCUT2D eigenvalue weighted by Gasteiger charge is 2.18. The van der Waals surface area contributed by atoms with Gasteiger partial charge in [-0.1, -0.05) is 13.0 Å². The molecular weight excluding hydrogens is 388 g/mol. The molecule has 4 rings (SSSR count). The maximum Gasteiger partial charge on any atom is 0.293 e. The van der Waals surface area contributed by atoms with Crippen LogP contribution in [0.2, 0.25) is 0 Å². The van der Waals surface area contributed by atoms with Crippen LogP contribution in [0.5, 0.6) is 0 Å². The Morgan fingerprint density at radius 1 is 1.24 bits per heavy atom. The Balaban J connectivity index is 1.34. The van der Waals surface area contributed by atoms with Gasteiger partial charge in [-0.25, -0.2) is 4.98 Å². The maximum absolute atomic E-state index is 12.5. The second-order valence-electron chi connectivity index (χ2n) is 7.49. The van der Waals surface area contributed by atoms with Crippen molar-refractivity contribution in [2.24, 2.45) is 5.92 Å². The van der Waals surface area contributed by atoms with Gasteiger partial charge in [-0.2, -0.15) is 0 Å². The number of pyridine rings is 1. The zero-order valence-electron chi connectivity index (χ0n) is 16.3. The van der Waals surface area contributed by atoms with Crippen LogP contribution in [-0.2, 0) is 13.1 Å². The molecule has 1 aliphatic rings. The van der Waals surface area contributed by atoms with Crippen molar-refractivity contribution in [3.8, 4) is 0 Å². The first-order chi connectivity index (χ1) is 14.1. The Bertz CT molecular complexity index is 1030. The molecule has 1 N–H and O–H groups in total. The van der Waals surface area contributed by atoms with Gasteiger partial charge in [0.1, 0.15) is 5.76 Å². The van der Waals surface area contributed by atoms with E-state index >= 15 is 0 Å². The number of hydrogen-bond acceptors (Lipinski definition) is 6. The molecule has 0 atom stereocenters. The van der Waals surface area contributed by atoms with E-state index in [0.29, 0.717) is 10.9 Å². The van der Waals surface area contributed by atoms with Crippen LogP contribution in [-0.4, -0.2) is 33.4 Å². The second kappa shape index (κ2) is 8.75. The third-order valence-electron chi connectivity index (χ3n) is 5.14. The number of anilines is 1. The number of thiazole rings is 1. The summed E-state index contributed by atoms with van der Waals surface area (Å²) in [6.07, 6.45) is 4.14. The first kappa shape index (κ1) is 19.6. The molecule has 0 aliphatic carbocycles. The molecule has 0 radical (unpaired) electrons. The predicted molar refractivity (Wildman–Crippen MR) is 112 cm³/mol. The molecule has 0 spiro atoms. The maximum atomic E-state index is 12.5. The molecule has 0 aromatic carbocycles. The van der Waals surface area contributed by atoms with Crippen LogP contribution in [0.25, 0.3) is 0 Å². The first-order valence-electron chi connectivity index (χ1n) is 9.79. The molecule has 1 saturated heterocycles. The molecule has 4 heterocycles. The monoisotopic (exact) mass is 412 g/mol. The van der Waals surface area contributed by atoms with E-state index in [1.165, 1.54) is 34.8 Å². The minimum absolute atomic E-state index is 0.117. The van der Waals surface area contributed by atoms with Crippen molar-refractivity contribution in [1.82, 2.24) is 14.5 Å². The Morgan fingerprint density at radius 3 is 2.86 bits per heavy atom. The van der Waals surface area contributed by atoms with Crippen LogP contribution in [0.3, 0.4) is 0 Å². The highest BCUT2D eigenvalue weighted by atomic mass is 32.1. The SMILES string of the molecule is CC1CCN(Cc2csc(NC(=O)c3ccc(Cn4ccccc4=O)o3)n2)CC1. The normalized spacial score (nSPS) is 15.5. The fraction of sp³-hybridized carbons (Fsp3) is 0.381. The van der Waals surface area contributed by atoms with Crippen molar-refractivity contribution >= 4 is 22.4 Å². The number of carbonyl (C=O) groups is 1. The predicted octanol–water partition coefficient (Wildman–Crippen LogP) is 3.43. The third kappa shape index (κ3) is 5.02. The molecule has 0 bridgehead atoms. The summed E-state index contributed by atoms with van der Waals surface area (Å²) in [5.41, 5.74) is 0.858. The number of aromatic nitrogens is 2. The molecule has 3 aromatic rings. The van der Waals surface area contributed by atoms with Crippen LogP contribution < -0.4 is 10.9 Å². The Hall–Kier alpha value is -2.71. The van der Waals surface area contributed by atoms with Crippen molar-refractivity contribution in [1.29, 1.82) is 0 Å². The van der Waals surface area contributed by atoms with E-state index in [4.69, 9.17) is 4.42 Å². The molecule has 29 heavy (non-hydrogen) atoms. The van der Waals surface area contributed by atoms with Gasteiger partial charge in [0.05, 0.1) is 12.2 Å². The van der Waals surface area contributed by atoms with Gasteiger partial charge in [-0.3, -0.25) is 19.8 Å². The average Bonchev–Trinajstić information content (AvgIpc) is 3.35. The van der Waals surface area contributed by atoms with E-state index in [2.05, 4.69) is 22.1 Å². The summed E-state index contributed by atoms with van der Waals surface area (Å²) in [4.78, 5) is 31.2. The minimum atomic E-state index is -0.343. The zero-order chi connectivity index (χ0) is 20.2.